The Morgan fingerprint density at radius 3 is 2.58 bits per heavy atom. The average molecular weight is 435 g/mol. The van der Waals surface area contributed by atoms with Gasteiger partial charge in [-0.1, -0.05) is 0 Å². The van der Waals surface area contributed by atoms with Crippen LogP contribution in [0.2, 0.25) is 0 Å². The molecule has 1 aromatic rings. The monoisotopic (exact) mass is 434 g/mol. The van der Waals surface area contributed by atoms with Crippen molar-refractivity contribution in [3.05, 3.63) is 35.6 Å². The standard InChI is InChI=1S/C22H31FN4O4/c23-18-7-5-17(6-8-18)21(29)24-9-1-4-20(28)25-19-3-2-10-27(22(19)30)12-11-26-13-15-31-16-14-26/h5-8,19H,1-4,9-16H2,(H,24,29)(H,25,28)/t19-/m0/s1. The molecule has 8 nitrogen and oxygen atoms in total. The van der Waals surface area contributed by atoms with Crippen LogP contribution in [-0.2, 0) is 14.3 Å². The Morgan fingerprint density at radius 2 is 1.84 bits per heavy atom. The summed E-state index contributed by atoms with van der Waals surface area (Å²) in [7, 11) is 0. The van der Waals surface area contributed by atoms with Crippen LogP contribution in [0.25, 0.3) is 0 Å². The van der Waals surface area contributed by atoms with E-state index >= 15 is 0 Å². The predicted octanol–water partition coefficient (Wildman–Crippen LogP) is 0.775. The Bertz CT molecular complexity index is 752. The normalized spacial score (nSPS) is 19.8. The molecule has 0 radical (unpaired) electrons. The predicted molar refractivity (Wildman–Crippen MR) is 113 cm³/mol. The third kappa shape index (κ3) is 7.29. The molecule has 1 atom stereocenters. The Morgan fingerprint density at radius 1 is 1.10 bits per heavy atom. The highest BCUT2D eigenvalue weighted by atomic mass is 19.1. The van der Waals surface area contributed by atoms with Gasteiger partial charge < -0.3 is 20.3 Å². The van der Waals surface area contributed by atoms with E-state index in [1.165, 1.54) is 24.3 Å². The average Bonchev–Trinajstić information content (AvgIpc) is 2.78. The summed E-state index contributed by atoms with van der Waals surface area (Å²) in [5, 5.41) is 5.56. The second-order valence-electron chi connectivity index (χ2n) is 7.91. The fourth-order valence-electron chi connectivity index (χ4n) is 3.80. The van der Waals surface area contributed by atoms with Gasteiger partial charge in [-0.3, -0.25) is 19.3 Å². The number of nitrogens with one attached hydrogen (secondary N) is 2. The van der Waals surface area contributed by atoms with E-state index in [1.54, 1.807) is 0 Å². The molecule has 0 unspecified atom stereocenters. The molecule has 0 spiro atoms. The first-order valence-corrected chi connectivity index (χ1v) is 10.9. The van der Waals surface area contributed by atoms with Crippen molar-refractivity contribution in [3.63, 3.8) is 0 Å². The molecule has 0 aliphatic carbocycles. The number of ether oxygens (including phenoxy) is 1. The van der Waals surface area contributed by atoms with E-state index in [9.17, 15) is 18.8 Å². The van der Waals surface area contributed by atoms with E-state index in [0.29, 0.717) is 31.5 Å². The van der Waals surface area contributed by atoms with Crippen LogP contribution < -0.4 is 10.6 Å². The summed E-state index contributed by atoms with van der Waals surface area (Å²) in [6.45, 7) is 5.79. The molecule has 2 N–H and O–H groups in total. The van der Waals surface area contributed by atoms with Crippen molar-refractivity contribution >= 4 is 17.7 Å². The van der Waals surface area contributed by atoms with Crippen molar-refractivity contribution in [2.75, 3.05) is 52.5 Å². The van der Waals surface area contributed by atoms with Gasteiger partial charge in [0.05, 0.1) is 13.2 Å². The van der Waals surface area contributed by atoms with Crippen LogP contribution in [0.15, 0.2) is 24.3 Å². The molecule has 2 aliphatic heterocycles. The Hall–Kier alpha value is -2.52. The van der Waals surface area contributed by atoms with Crippen molar-refractivity contribution in [2.45, 2.75) is 31.7 Å². The third-order valence-electron chi connectivity index (χ3n) is 5.63. The molecule has 0 saturated carbocycles. The van der Waals surface area contributed by atoms with E-state index < -0.39 is 11.9 Å². The Balaban J connectivity index is 1.33. The summed E-state index contributed by atoms with van der Waals surface area (Å²) in [5.74, 6) is -0.911. The lowest BCUT2D eigenvalue weighted by atomic mass is 10.0. The van der Waals surface area contributed by atoms with Crippen LogP contribution in [-0.4, -0.2) is 86.0 Å². The topological polar surface area (TPSA) is 91.0 Å². The van der Waals surface area contributed by atoms with Gasteiger partial charge in [-0.2, -0.15) is 0 Å². The van der Waals surface area contributed by atoms with Crippen molar-refractivity contribution < 1.29 is 23.5 Å². The van der Waals surface area contributed by atoms with E-state index in [2.05, 4.69) is 15.5 Å². The van der Waals surface area contributed by atoms with Gasteiger partial charge in [0.1, 0.15) is 11.9 Å². The minimum absolute atomic E-state index is 0.0162. The lowest BCUT2D eigenvalue weighted by Crippen LogP contribution is -2.54. The number of likely N-dealkylation sites (tertiary alicyclic amines) is 1. The molecule has 0 aromatic heterocycles. The van der Waals surface area contributed by atoms with Crippen molar-refractivity contribution in [1.29, 1.82) is 0 Å². The summed E-state index contributed by atoms with van der Waals surface area (Å²) >= 11 is 0. The zero-order valence-electron chi connectivity index (χ0n) is 17.8. The van der Waals surface area contributed by atoms with Gasteiger partial charge in [0.15, 0.2) is 0 Å². The number of nitrogens with zero attached hydrogens (tertiary/aromatic N) is 2. The van der Waals surface area contributed by atoms with Gasteiger partial charge in [0.25, 0.3) is 5.91 Å². The number of amides is 3. The van der Waals surface area contributed by atoms with E-state index in [4.69, 9.17) is 4.74 Å². The third-order valence-corrected chi connectivity index (χ3v) is 5.63. The highest BCUT2D eigenvalue weighted by Gasteiger charge is 2.29. The van der Waals surface area contributed by atoms with E-state index in [1.807, 2.05) is 4.90 Å². The van der Waals surface area contributed by atoms with Crippen LogP contribution in [0.1, 0.15) is 36.0 Å². The van der Waals surface area contributed by atoms with Crippen LogP contribution in [0.5, 0.6) is 0 Å². The van der Waals surface area contributed by atoms with Gasteiger partial charge in [-0.15, -0.1) is 0 Å². The minimum Gasteiger partial charge on any atom is -0.379 e. The van der Waals surface area contributed by atoms with E-state index in [0.717, 1.165) is 45.8 Å². The molecule has 2 saturated heterocycles. The number of halogens is 1. The van der Waals surface area contributed by atoms with Crippen LogP contribution >= 0.6 is 0 Å². The van der Waals surface area contributed by atoms with Gasteiger partial charge in [-0.05, 0) is 43.5 Å². The number of piperidine rings is 1. The van der Waals surface area contributed by atoms with Crippen LogP contribution in [0.4, 0.5) is 4.39 Å². The molecular formula is C22H31FN4O4. The first kappa shape index (κ1) is 23.1. The molecule has 170 valence electrons. The maximum atomic E-state index is 12.9. The SMILES string of the molecule is O=C(CCCNC(=O)c1ccc(F)cc1)N[C@H]1CCCN(CCN2CCOCC2)C1=O. The number of benzene rings is 1. The lowest BCUT2D eigenvalue weighted by Gasteiger charge is -2.35. The van der Waals surface area contributed by atoms with Crippen molar-refractivity contribution in [2.24, 2.45) is 0 Å². The molecule has 2 aliphatic rings. The first-order valence-electron chi connectivity index (χ1n) is 10.9. The second-order valence-corrected chi connectivity index (χ2v) is 7.91. The fraction of sp³-hybridized carbons (Fsp3) is 0.591. The first-order chi connectivity index (χ1) is 15.0. The molecule has 3 rings (SSSR count). The van der Waals surface area contributed by atoms with Gasteiger partial charge >= 0.3 is 0 Å². The number of rotatable bonds is 9. The summed E-state index contributed by atoms with van der Waals surface area (Å²) in [6, 6.07) is 4.81. The number of carbonyl (C=O) groups is 3. The number of carbonyl (C=O) groups excluding carboxylic acids is 3. The lowest BCUT2D eigenvalue weighted by molar-refractivity contribution is -0.139. The summed E-state index contributed by atoms with van der Waals surface area (Å²) in [5.41, 5.74) is 0.371. The molecule has 1 aromatic carbocycles. The molecule has 3 amide bonds. The van der Waals surface area contributed by atoms with Crippen LogP contribution in [0, 0.1) is 5.82 Å². The van der Waals surface area contributed by atoms with Gasteiger partial charge in [-0.25, -0.2) is 4.39 Å². The maximum Gasteiger partial charge on any atom is 0.251 e. The van der Waals surface area contributed by atoms with Gasteiger partial charge in [0.2, 0.25) is 11.8 Å². The quantitative estimate of drug-likeness (QED) is 0.561. The van der Waals surface area contributed by atoms with Gasteiger partial charge in [0, 0.05) is 51.3 Å². The molecule has 2 fully saturated rings. The number of morpholine rings is 1. The molecule has 2 heterocycles. The summed E-state index contributed by atoms with van der Waals surface area (Å²) in [4.78, 5) is 41.1. The molecule has 31 heavy (non-hydrogen) atoms. The Labute approximate surface area is 182 Å². The van der Waals surface area contributed by atoms with Crippen molar-refractivity contribution in [1.82, 2.24) is 20.4 Å². The zero-order chi connectivity index (χ0) is 22.1. The number of hydrogen-bond donors (Lipinski definition) is 2. The van der Waals surface area contributed by atoms with E-state index in [-0.39, 0.29) is 24.1 Å². The highest BCUT2D eigenvalue weighted by molar-refractivity contribution is 5.94. The summed E-state index contributed by atoms with van der Waals surface area (Å²) in [6.07, 6.45) is 2.20. The second kappa shape index (κ2) is 11.8. The minimum atomic E-state index is -0.472. The maximum absolute atomic E-state index is 12.9. The van der Waals surface area contributed by atoms with Crippen LogP contribution in [0.3, 0.4) is 0 Å². The Kier molecular flexibility index (Phi) is 8.78. The fourth-order valence-corrected chi connectivity index (χ4v) is 3.80. The smallest absolute Gasteiger partial charge is 0.251 e. The summed E-state index contributed by atoms with van der Waals surface area (Å²) < 4.78 is 18.3. The molecular weight excluding hydrogens is 403 g/mol. The molecule has 9 heteroatoms. The van der Waals surface area contributed by atoms with Crippen molar-refractivity contribution in [3.8, 4) is 0 Å². The largest absolute Gasteiger partial charge is 0.379 e. The highest BCUT2D eigenvalue weighted by Crippen LogP contribution is 2.12. The zero-order valence-corrected chi connectivity index (χ0v) is 17.8. The molecule has 0 bridgehead atoms. The number of hydrogen-bond acceptors (Lipinski definition) is 5.